The maximum Gasteiger partial charge on any atom is 0.238 e. The molecule has 0 saturated heterocycles. The summed E-state index contributed by atoms with van der Waals surface area (Å²) in [7, 11) is 0. The van der Waals surface area contributed by atoms with Crippen molar-refractivity contribution in [3.63, 3.8) is 0 Å². The van der Waals surface area contributed by atoms with Crippen LogP contribution in [0.15, 0.2) is 48.5 Å². The van der Waals surface area contributed by atoms with Crippen LogP contribution in [0, 0.1) is 0 Å². The van der Waals surface area contributed by atoms with Gasteiger partial charge < -0.3 is 15.5 Å². The lowest BCUT2D eigenvalue weighted by Crippen LogP contribution is -2.41. The summed E-state index contributed by atoms with van der Waals surface area (Å²) in [5.74, 6) is 0.824. The van der Waals surface area contributed by atoms with Crippen molar-refractivity contribution in [1.82, 2.24) is 10.3 Å². The molecule has 0 unspecified atom stereocenters. The van der Waals surface area contributed by atoms with Crippen LogP contribution < -0.4 is 15.5 Å². The number of pyridine rings is 1. The Bertz CT molecular complexity index is 1070. The Hall–Kier alpha value is -2.63. The average Bonchev–Trinajstić information content (AvgIpc) is 3.09. The summed E-state index contributed by atoms with van der Waals surface area (Å²) in [4.78, 5) is 19.7. The average molecular weight is 409 g/mol. The van der Waals surface area contributed by atoms with E-state index in [2.05, 4.69) is 15.5 Å². The van der Waals surface area contributed by atoms with Crippen LogP contribution in [0.2, 0.25) is 5.02 Å². The van der Waals surface area contributed by atoms with Gasteiger partial charge in [0.05, 0.1) is 17.7 Å². The number of anilines is 3. The molecule has 2 heterocycles. The predicted octanol–water partition coefficient (Wildman–Crippen LogP) is 4.91. The van der Waals surface area contributed by atoms with E-state index in [-0.39, 0.29) is 18.0 Å². The Kier molecular flexibility index (Phi) is 5.19. The molecular weight excluding hydrogens is 384 g/mol. The first-order chi connectivity index (χ1) is 13.8. The van der Waals surface area contributed by atoms with E-state index >= 15 is 0 Å². The van der Waals surface area contributed by atoms with E-state index < -0.39 is 0 Å². The maximum atomic E-state index is 12.7. The number of carbonyl (C=O) groups excluding carboxylic acids is 1. The van der Waals surface area contributed by atoms with E-state index in [1.165, 1.54) is 0 Å². The molecule has 0 aliphatic carbocycles. The lowest BCUT2D eigenvalue weighted by molar-refractivity contribution is -0.115. The van der Waals surface area contributed by atoms with E-state index in [9.17, 15) is 4.79 Å². The van der Waals surface area contributed by atoms with E-state index in [4.69, 9.17) is 16.6 Å². The number of fused-ring (bicyclic) bond motifs is 2. The highest BCUT2D eigenvalue weighted by molar-refractivity contribution is 6.30. The summed E-state index contributed by atoms with van der Waals surface area (Å²) in [5, 5.41) is 8.05. The normalized spacial score (nSPS) is 13.6. The lowest BCUT2D eigenvalue weighted by atomic mass is 10.1. The van der Waals surface area contributed by atoms with Crippen molar-refractivity contribution in [2.45, 2.75) is 32.7 Å². The molecule has 0 bridgehead atoms. The number of amides is 1. The zero-order valence-corrected chi connectivity index (χ0v) is 17.7. The first kappa shape index (κ1) is 19.7. The number of nitrogens with zero attached hydrogens (tertiary/aromatic N) is 2. The third-order valence-corrected chi connectivity index (χ3v) is 5.21. The van der Waals surface area contributed by atoms with Crippen molar-refractivity contribution in [1.29, 1.82) is 0 Å². The van der Waals surface area contributed by atoms with Gasteiger partial charge in [-0.05, 0) is 51.5 Å². The van der Waals surface area contributed by atoms with Crippen molar-refractivity contribution in [3.05, 3.63) is 59.1 Å². The van der Waals surface area contributed by atoms with Gasteiger partial charge in [0.2, 0.25) is 5.91 Å². The Balaban J connectivity index is 1.74. The molecule has 5 nitrogen and oxygen atoms in total. The summed E-state index contributed by atoms with van der Waals surface area (Å²) >= 11 is 6.21. The number of benzene rings is 2. The first-order valence-corrected chi connectivity index (χ1v) is 10.2. The van der Waals surface area contributed by atoms with Crippen LogP contribution in [0.3, 0.4) is 0 Å². The monoisotopic (exact) mass is 408 g/mol. The SMILES string of the molecule is CC(C)(C)NCC(=O)Nc1c2c(nc3ccccc13)N(c1cccc(Cl)c1)CC2. The van der Waals surface area contributed by atoms with Crippen molar-refractivity contribution < 1.29 is 4.79 Å². The molecule has 1 aliphatic heterocycles. The van der Waals surface area contributed by atoms with E-state index in [0.717, 1.165) is 46.6 Å². The molecule has 1 amide bonds. The molecule has 0 radical (unpaired) electrons. The molecule has 0 saturated carbocycles. The molecule has 0 fully saturated rings. The largest absolute Gasteiger partial charge is 0.326 e. The quantitative estimate of drug-likeness (QED) is 0.644. The van der Waals surface area contributed by atoms with Gasteiger partial charge in [-0.25, -0.2) is 4.98 Å². The summed E-state index contributed by atoms with van der Waals surface area (Å²) in [6.07, 6.45) is 0.808. The summed E-state index contributed by atoms with van der Waals surface area (Å²) in [6, 6.07) is 15.7. The fourth-order valence-electron chi connectivity index (χ4n) is 3.60. The minimum Gasteiger partial charge on any atom is -0.326 e. The molecule has 6 heteroatoms. The third-order valence-electron chi connectivity index (χ3n) is 4.98. The molecular formula is C23H25ClN4O. The molecule has 29 heavy (non-hydrogen) atoms. The van der Waals surface area contributed by atoms with Crippen LogP contribution >= 0.6 is 11.6 Å². The summed E-state index contributed by atoms with van der Waals surface area (Å²) in [6.45, 7) is 7.18. The van der Waals surface area contributed by atoms with Gasteiger partial charge in [-0.3, -0.25) is 4.79 Å². The van der Waals surface area contributed by atoms with Crippen LogP contribution in [-0.4, -0.2) is 29.5 Å². The second-order valence-corrected chi connectivity index (χ2v) is 8.78. The lowest BCUT2D eigenvalue weighted by Gasteiger charge is -2.22. The fraction of sp³-hybridized carbons (Fsp3) is 0.304. The van der Waals surface area contributed by atoms with Gasteiger partial charge in [0.15, 0.2) is 0 Å². The van der Waals surface area contributed by atoms with Crippen molar-refractivity contribution >= 4 is 45.6 Å². The van der Waals surface area contributed by atoms with Gasteiger partial charge in [0.1, 0.15) is 5.82 Å². The molecule has 150 valence electrons. The van der Waals surface area contributed by atoms with Crippen LogP contribution in [0.1, 0.15) is 26.3 Å². The van der Waals surface area contributed by atoms with Crippen LogP contribution in [-0.2, 0) is 11.2 Å². The zero-order valence-electron chi connectivity index (χ0n) is 16.9. The Labute approximate surface area is 176 Å². The van der Waals surface area contributed by atoms with Crippen LogP contribution in [0.25, 0.3) is 10.9 Å². The van der Waals surface area contributed by atoms with Gasteiger partial charge >= 0.3 is 0 Å². The van der Waals surface area contributed by atoms with E-state index in [1.54, 1.807) is 0 Å². The topological polar surface area (TPSA) is 57.3 Å². The Morgan fingerprint density at radius 1 is 1.17 bits per heavy atom. The second-order valence-electron chi connectivity index (χ2n) is 8.34. The predicted molar refractivity (Wildman–Crippen MR) is 120 cm³/mol. The van der Waals surface area contributed by atoms with Gasteiger partial charge in [0.25, 0.3) is 0 Å². The van der Waals surface area contributed by atoms with Crippen LogP contribution in [0.5, 0.6) is 0 Å². The number of rotatable bonds is 4. The highest BCUT2D eigenvalue weighted by atomic mass is 35.5. The molecule has 1 aliphatic rings. The molecule has 2 aromatic carbocycles. The van der Waals surface area contributed by atoms with Crippen molar-refractivity contribution in [2.75, 3.05) is 23.3 Å². The second kappa shape index (κ2) is 7.65. The van der Waals surface area contributed by atoms with E-state index in [0.29, 0.717) is 5.02 Å². The Morgan fingerprint density at radius 2 is 1.97 bits per heavy atom. The van der Waals surface area contributed by atoms with E-state index in [1.807, 2.05) is 69.3 Å². The molecule has 4 rings (SSSR count). The number of hydrogen-bond donors (Lipinski definition) is 2. The fourth-order valence-corrected chi connectivity index (χ4v) is 3.78. The van der Waals surface area contributed by atoms with Crippen molar-refractivity contribution in [3.8, 4) is 0 Å². The third kappa shape index (κ3) is 4.21. The van der Waals surface area contributed by atoms with Gasteiger partial charge in [-0.15, -0.1) is 0 Å². The number of carbonyl (C=O) groups is 1. The van der Waals surface area contributed by atoms with Gasteiger partial charge in [-0.2, -0.15) is 0 Å². The number of hydrogen-bond acceptors (Lipinski definition) is 4. The molecule has 0 spiro atoms. The van der Waals surface area contributed by atoms with Crippen molar-refractivity contribution in [2.24, 2.45) is 0 Å². The van der Waals surface area contributed by atoms with Crippen LogP contribution in [0.4, 0.5) is 17.2 Å². The summed E-state index contributed by atoms with van der Waals surface area (Å²) < 4.78 is 0. The highest BCUT2D eigenvalue weighted by Crippen LogP contribution is 2.41. The number of halogens is 1. The minimum atomic E-state index is -0.122. The minimum absolute atomic E-state index is 0.0558. The Morgan fingerprint density at radius 3 is 2.72 bits per heavy atom. The summed E-state index contributed by atoms with van der Waals surface area (Å²) in [5.41, 5.74) is 3.66. The standard InChI is InChI=1S/C23H25ClN4O/c1-23(2,3)25-14-20(29)27-21-17-9-4-5-10-19(17)26-22-18(21)11-12-28(22)16-8-6-7-15(24)13-16/h4-10,13,25H,11-12,14H2,1-3H3,(H,26,27,29). The number of nitrogens with one attached hydrogen (secondary N) is 2. The molecule has 3 aromatic rings. The molecule has 2 N–H and O–H groups in total. The zero-order chi connectivity index (χ0) is 20.6. The molecule has 0 atom stereocenters. The molecule has 1 aromatic heterocycles. The van der Waals surface area contributed by atoms with Gasteiger partial charge in [0, 0.05) is 33.7 Å². The first-order valence-electron chi connectivity index (χ1n) is 9.81. The van der Waals surface area contributed by atoms with Gasteiger partial charge in [-0.1, -0.05) is 35.9 Å². The number of aromatic nitrogens is 1. The highest BCUT2D eigenvalue weighted by Gasteiger charge is 2.27. The smallest absolute Gasteiger partial charge is 0.238 e. The number of para-hydroxylation sites is 1. The maximum absolute atomic E-state index is 12.7.